The Balaban J connectivity index is 2.17. The van der Waals surface area contributed by atoms with Gasteiger partial charge in [-0.3, -0.25) is 4.79 Å². The molecule has 0 fully saturated rings. The first-order chi connectivity index (χ1) is 8.99. The summed E-state index contributed by atoms with van der Waals surface area (Å²) in [7, 11) is 0. The Labute approximate surface area is 107 Å². The predicted molar refractivity (Wildman–Crippen MR) is 63.3 cm³/mol. The van der Waals surface area contributed by atoms with Gasteiger partial charge in [0.05, 0.1) is 5.56 Å². The summed E-state index contributed by atoms with van der Waals surface area (Å²) in [6, 6.07) is 10.7. The maximum absolute atomic E-state index is 12.4. The van der Waals surface area contributed by atoms with E-state index in [2.05, 4.69) is 0 Å². The van der Waals surface area contributed by atoms with Crippen LogP contribution < -0.4 is 4.74 Å². The number of rotatable bonds is 3. The van der Waals surface area contributed by atoms with Crippen molar-refractivity contribution >= 4 is 6.29 Å². The molecule has 98 valence electrons. The van der Waals surface area contributed by atoms with Gasteiger partial charge in [-0.25, -0.2) is 0 Å². The second-order valence-electron chi connectivity index (χ2n) is 3.81. The van der Waals surface area contributed by atoms with Crippen LogP contribution in [-0.2, 0) is 6.18 Å². The summed E-state index contributed by atoms with van der Waals surface area (Å²) in [6.45, 7) is 0. The SMILES string of the molecule is O=Cc1cccc(Oc2ccc(C(F)(F)F)cc2)c1. The van der Waals surface area contributed by atoms with Crippen molar-refractivity contribution in [1.82, 2.24) is 0 Å². The molecular weight excluding hydrogens is 257 g/mol. The number of halogens is 3. The fourth-order valence-corrected chi connectivity index (χ4v) is 1.50. The topological polar surface area (TPSA) is 26.3 Å². The third-order valence-electron chi connectivity index (χ3n) is 2.41. The van der Waals surface area contributed by atoms with E-state index in [1.165, 1.54) is 18.2 Å². The van der Waals surface area contributed by atoms with Crippen LogP contribution in [0.2, 0.25) is 0 Å². The van der Waals surface area contributed by atoms with Crippen molar-refractivity contribution in [2.24, 2.45) is 0 Å². The summed E-state index contributed by atoms with van der Waals surface area (Å²) in [6.07, 6.45) is -3.70. The number of aldehydes is 1. The summed E-state index contributed by atoms with van der Waals surface area (Å²) < 4.78 is 42.5. The normalized spacial score (nSPS) is 11.1. The molecule has 0 unspecified atom stereocenters. The van der Waals surface area contributed by atoms with Gasteiger partial charge in [0.25, 0.3) is 0 Å². The molecule has 0 aliphatic heterocycles. The highest BCUT2D eigenvalue weighted by molar-refractivity contribution is 5.75. The number of hydrogen-bond donors (Lipinski definition) is 0. The van der Waals surface area contributed by atoms with Gasteiger partial charge < -0.3 is 4.74 Å². The molecule has 0 aliphatic rings. The molecule has 0 bridgehead atoms. The third-order valence-corrected chi connectivity index (χ3v) is 2.41. The lowest BCUT2D eigenvalue weighted by Crippen LogP contribution is -2.03. The minimum absolute atomic E-state index is 0.274. The first-order valence-electron chi connectivity index (χ1n) is 5.39. The fourth-order valence-electron chi connectivity index (χ4n) is 1.50. The van der Waals surface area contributed by atoms with Crippen LogP contribution in [-0.4, -0.2) is 6.29 Å². The third kappa shape index (κ3) is 3.34. The quantitative estimate of drug-likeness (QED) is 0.774. The highest BCUT2D eigenvalue weighted by Crippen LogP contribution is 2.31. The summed E-state index contributed by atoms with van der Waals surface area (Å²) in [5.74, 6) is 0.667. The average Bonchev–Trinajstić information content (AvgIpc) is 2.38. The summed E-state index contributed by atoms with van der Waals surface area (Å²) in [5.41, 5.74) is -0.300. The van der Waals surface area contributed by atoms with Crippen molar-refractivity contribution in [2.45, 2.75) is 6.18 Å². The number of ether oxygens (including phenoxy) is 1. The summed E-state index contributed by atoms with van der Waals surface area (Å²) >= 11 is 0. The van der Waals surface area contributed by atoms with Crippen molar-refractivity contribution < 1.29 is 22.7 Å². The molecule has 0 spiro atoms. The van der Waals surface area contributed by atoms with Crippen LogP contribution >= 0.6 is 0 Å². The first-order valence-corrected chi connectivity index (χ1v) is 5.39. The zero-order valence-corrected chi connectivity index (χ0v) is 9.65. The van der Waals surface area contributed by atoms with Crippen LogP contribution in [0, 0.1) is 0 Å². The lowest BCUT2D eigenvalue weighted by Gasteiger charge is -2.09. The molecule has 0 saturated carbocycles. The Morgan fingerprint density at radius 2 is 1.63 bits per heavy atom. The highest BCUT2D eigenvalue weighted by atomic mass is 19.4. The number of hydrogen-bond acceptors (Lipinski definition) is 2. The van der Waals surface area contributed by atoms with Gasteiger partial charge in [-0.2, -0.15) is 13.2 Å². The largest absolute Gasteiger partial charge is 0.457 e. The molecule has 2 aromatic carbocycles. The smallest absolute Gasteiger partial charge is 0.416 e. The molecule has 5 heteroatoms. The van der Waals surface area contributed by atoms with Gasteiger partial charge in [0.1, 0.15) is 17.8 Å². The van der Waals surface area contributed by atoms with Crippen molar-refractivity contribution in [2.75, 3.05) is 0 Å². The molecule has 2 rings (SSSR count). The van der Waals surface area contributed by atoms with Gasteiger partial charge >= 0.3 is 6.18 Å². The Bertz CT molecular complexity index is 574. The number of carbonyl (C=O) groups is 1. The van der Waals surface area contributed by atoms with Crippen LogP contribution in [0.25, 0.3) is 0 Å². The lowest BCUT2D eigenvalue weighted by atomic mass is 10.2. The van der Waals surface area contributed by atoms with E-state index in [0.717, 1.165) is 12.1 Å². The molecule has 0 N–H and O–H groups in total. The van der Waals surface area contributed by atoms with E-state index in [9.17, 15) is 18.0 Å². The molecular formula is C14H9F3O2. The standard InChI is InChI=1S/C14H9F3O2/c15-14(16,17)11-4-6-12(7-5-11)19-13-3-1-2-10(8-13)9-18/h1-9H. The molecule has 0 heterocycles. The Kier molecular flexibility index (Phi) is 3.55. The van der Waals surface area contributed by atoms with Crippen LogP contribution in [0.3, 0.4) is 0 Å². The Hall–Kier alpha value is -2.30. The van der Waals surface area contributed by atoms with Gasteiger partial charge in [-0.05, 0) is 36.4 Å². The molecule has 0 amide bonds. The second kappa shape index (κ2) is 5.14. The maximum Gasteiger partial charge on any atom is 0.416 e. The maximum atomic E-state index is 12.4. The minimum Gasteiger partial charge on any atom is -0.457 e. The van der Waals surface area contributed by atoms with Crippen molar-refractivity contribution in [3.8, 4) is 11.5 Å². The Morgan fingerprint density at radius 3 is 2.21 bits per heavy atom. The highest BCUT2D eigenvalue weighted by Gasteiger charge is 2.30. The van der Waals surface area contributed by atoms with E-state index >= 15 is 0 Å². The summed E-state index contributed by atoms with van der Waals surface area (Å²) in [4.78, 5) is 10.6. The van der Waals surface area contributed by atoms with E-state index in [-0.39, 0.29) is 5.75 Å². The zero-order valence-electron chi connectivity index (χ0n) is 9.65. The minimum atomic E-state index is -4.37. The van der Waals surface area contributed by atoms with E-state index in [1.807, 2.05) is 0 Å². The van der Waals surface area contributed by atoms with Crippen molar-refractivity contribution in [3.05, 3.63) is 59.7 Å². The zero-order chi connectivity index (χ0) is 13.9. The van der Waals surface area contributed by atoms with Gasteiger partial charge in [0.15, 0.2) is 0 Å². The molecule has 2 aromatic rings. The molecule has 0 saturated heterocycles. The number of alkyl halides is 3. The molecule has 0 aromatic heterocycles. The monoisotopic (exact) mass is 266 g/mol. The molecule has 0 atom stereocenters. The van der Waals surface area contributed by atoms with Crippen LogP contribution in [0.15, 0.2) is 48.5 Å². The van der Waals surface area contributed by atoms with Crippen molar-refractivity contribution in [3.63, 3.8) is 0 Å². The average molecular weight is 266 g/mol. The molecule has 0 aliphatic carbocycles. The van der Waals surface area contributed by atoms with E-state index in [0.29, 0.717) is 17.6 Å². The van der Waals surface area contributed by atoms with Gasteiger partial charge in [-0.1, -0.05) is 12.1 Å². The van der Waals surface area contributed by atoms with Crippen LogP contribution in [0.4, 0.5) is 13.2 Å². The number of carbonyl (C=O) groups excluding carboxylic acids is 1. The lowest BCUT2D eigenvalue weighted by molar-refractivity contribution is -0.137. The Morgan fingerprint density at radius 1 is 0.947 bits per heavy atom. The van der Waals surface area contributed by atoms with Gasteiger partial charge in [0, 0.05) is 5.56 Å². The van der Waals surface area contributed by atoms with Gasteiger partial charge in [-0.15, -0.1) is 0 Å². The van der Waals surface area contributed by atoms with Crippen LogP contribution in [0.1, 0.15) is 15.9 Å². The fraction of sp³-hybridized carbons (Fsp3) is 0.0714. The van der Waals surface area contributed by atoms with Crippen LogP contribution in [0.5, 0.6) is 11.5 Å². The van der Waals surface area contributed by atoms with E-state index < -0.39 is 11.7 Å². The van der Waals surface area contributed by atoms with E-state index in [1.54, 1.807) is 18.2 Å². The van der Waals surface area contributed by atoms with Crippen molar-refractivity contribution in [1.29, 1.82) is 0 Å². The first kappa shape index (κ1) is 13.1. The van der Waals surface area contributed by atoms with E-state index in [4.69, 9.17) is 4.74 Å². The van der Waals surface area contributed by atoms with Gasteiger partial charge in [0.2, 0.25) is 0 Å². The second-order valence-corrected chi connectivity index (χ2v) is 3.81. The molecule has 0 radical (unpaired) electrons. The molecule has 19 heavy (non-hydrogen) atoms. The molecule has 2 nitrogen and oxygen atoms in total. The number of benzene rings is 2. The predicted octanol–water partition coefficient (Wildman–Crippen LogP) is 4.31. The summed E-state index contributed by atoms with van der Waals surface area (Å²) in [5, 5.41) is 0.